The first-order chi connectivity index (χ1) is 8.54. The van der Waals surface area contributed by atoms with E-state index in [2.05, 4.69) is 39.7 Å². The number of pyridine rings is 1. The van der Waals surface area contributed by atoms with E-state index >= 15 is 0 Å². The molecule has 0 N–H and O–H groups in total. The number of fused-ring (bicyclic) bond motifs is 1. The van der Waals surface area contributed by atoms with Crippen LogP contribution in [0.5, 0.6) is 0 Å². The highest BCUT2D eigenvalue weighted by atomic mass is 127. The average molecular weight is 355 g/mol. The first kappa shape index (κ1) is 13.3. The molecule has 0 atom stereocenters. The minimum absolute atomic E-state index is 0.310. The van der Waals surface area contributed by atoms with E-state index in [4.69, 9.17) is 4.74 Å². The van der Waals surface area contributed by atoms with Crippen LogP contribution in [0.3, 0.4) is 0 Å². The fraction of sp³-hybridized carbons (Fsp3) is 0.286. The molecule has 2 aromatic rings. The van der Waals surface area contributed by atoms with Gasteiger partial charge in [-0.15, -0.1) is 0 Å². The zero-order valence-electron chi connectivity index (χ0n) is 10.6. The third-order valence-electron chi connectivity index (χ3n) is 2.74. The zero-order chi connectivity index (χ0) is 13.3. The number of hydrogen-bond donors (Lipinski definition) is 0. The van der Waals surface area contributed by atoms with Crippen molar-refractivity contribution in [1.82, 2.24) is 4.98 Å². The third-order valence-corrected chi connectivity index (χ3v) is 3.90. The van der Waals surface area contributed by atoms with Crippen molar-refractivity contribution in [2.24, 2.45) is 0 Å². The Labute approximate surface area is 120 Å². The molecule has 0 amide bonds. The number of esters is 1. The van der Waals surface area contributed by atoms with Crippen molar-refractivity contribution in [2.45, 2.75) is 20.8 Å². The van der Waals surface area contributed by atoms with Crippen LogP contribution in [0, 0.1) is 17.4 Å². The lowest BCUT2D eigenvalue weighted by molar-refractivity contribution is 0.0525. The van der Waals surface area contributed by atoms with Crippen molar-refractivity contribution < 1.29 is 9.53 Å². The van der Waals surface area contributed by atoms with E-state index in [1.807, 2.05) is 13.8 Å². The highest BCUT2D eigenvalue weighted by Gasteiger charge is 2.15. The van der Waals surface area contributed by atoms with E-state index in [-0.39, 0.29) is 5.97 Å². The van der Waals surface area contributed by atoms with Crippen LogP contribution in [-0.2, 0) is 4.74 Å². The van der Waals surface area contributed by atoms with Crippen molar-refractivity contribution in [2.75, 3.05) is 6.61 Å². The summed E-state index contributed by atoms with van der Waals surface area (Å²) in [6.45, 7) is 6.25. The van der Waals surface area contributed by atoms with E-state index in [0.29, 0.717) is 12.2 Å². The molecule has 18 heavy (non-hydrogen) atoms. The average Bonchev–Trinajstić information content (AvgIpc) is 2.30. The first-order valence-electron chi connectivity index (χ1n) is 5.77. The molecule has 0 aliphatic heterocycles. The van der Waals surface area contributed by atoms with Crippen LogP contribution in [0.2, 0.25) is 0 Å². The van der Waals surface area contributed by atoms with Crippen LogP contribution in [-0.4, -0.2) is 17.6 Å². The third kappa shape index (κ3) is 2.34. The van der Waals surface area contributed by atoms with Gasteiger partial charge in [0.05, 0.1) is 17.7 Å². The number of nitrogens with zero attached hydrogens (tertiary/aromatic N) is 1. The summed E-state index contributed by atoms with van der Waals surface area (Å²) < 4.78 is 5.94. The lowest BCUT2D eigenvalue weighted by Gasteiger charge is -2.09. The van der Waals surface area contributed by atoms with Crippen LogP contribution in [0.25, 0.3) is 10.9 Å². The largest absolute Gasteiger partial charge is 0.462 e. The summed E-state index contributed by atoms with van der Waals surface area (Å²) in [4.78, 5) is 16.2. The van der Waals surface area contributed by atoms with Crippen LogP contribution in [0.4, 0.5) is 0 Å². The molecular weight excluding hydrogens is 341 g/mol. The van der Waals surface area contributed by atoms with Gasteiger partial charge in [0.25, 0.3) is 0 Å². The maximum atomic E-state index is 11.8. The van der Waals surface area contributed by atoms with Crippen LogP contribution in [0.15, 0.2) is 18.3 Å². The predicted octanol–water partition coefficient (Wildman–Crippen LogP) is 3.63. The molecule has 4 heteroatoms. The lowest BCUT2D eigenvalue weighted by atomic mass is 10.1. The summed E-state index contributed by atoms with van der Waals surface area (Å²) >= 11 is 2.19. The summed E-state index contributed by atoms with van der Waals surface area (Å²) in [5.41, 5.74) is 3.77. The molecule has 0 spiro atoms. The van der Waals surface area contributed by atoms with E-state index in [1.165, 1.54) is 5.56 Å². The summed E-state index contributed by atoms with van der Waals surface area (Å²) in [5.74, 6) is -0.310. The topological polar surface area (TPSA) is 39.2 Å². The number of aryl methyl sites for hydroxylation is 2. The molecule has 1 aromatic heterocycles. The molecule has 3 nitrogen and oxygen atoms in total. The van der Waals surface area contributed by atoms with Crippen LogP contribution < -0.4 is 0 Å². The molecule has 2 rings (SSSR count). The zero-order valence-corrected chi connectivity index (χ0v) is 12.7. The minimum atomic E-state index is -0.310. The normalized spacial score (nSPS) is 10.7. The van der Waals surface area contributed by atoms with E-state index < -0.39 is 0 Å². The monoisotopic (exact) mass is 355 g/mol. The number of aromatic nitrogens is 1. The molecule has 1 aromatic carbocycles. The quantitative estimate of drug-likeness (QED) is 0.610. The Kier molecular flexibility index (Phi) is 3.85. The predicted molar refractivity (Wildman–Crippen MR) is 79.9 cm³/mol. The molecule has 0 aliphatic carbocycles. The SMILES string of the molecule is CCOC(=O)c1cnc2c(C)cc(C)cc2c1I. The molecule has 0 unspecified atom stereocenters. The smallest absolute Gasteiger partial charge is 0.340 e. The second-order valence-electron chi connectivity index (χ2n) is 4.18. The Hall–Kier alpha value is -1.17. The Morgan fingerprint density at radius 2 is 2.11 bits per heavy atom. The molecule has 0 fully saturated rings. The molecule has 0 saturated heterocycles. The van der Waals surface area contributed by atoms with Gasteiger partial charge in [-0.05, 0) is 55.0 Å². The maximum Gasteiger partial charge on any atom is 0.340 e. The maximum absolute atomic E-state index is 11.8. The van der Waals surface area contributed by atoms with Crippen molar-refractivity contribution in [3.8, 4) is 0 Å². The Morgan fingerprint density at radius 3 is 2.78 bits per heavy atom. The summed E-state index contributed by atoms with van der Waals surface area (Å²) in [6.07, 6.45) is 1.60. The molecule has 0 bridgehead atoms. The molecule has 0 aliphatic rings. The van der Waals surface area contributed by atoms with Gasteiger partial charge < -0.3 is 4.74 Å². The molecular formula is C14H14INO2. The Balaban J connectivity index is 2.67. The van der Waals surface area contributed by atoms with Crippen molar-refractivity contribution in [1.29, 1.82) is 0 Å². The number of carbonyl (C=O) groups excluding carboxylic acids is 1. The Bertz CT molecular complexity index is 623. The van der Waals surface area contributed by atoms with Crippen LogP contribution in [0.1, 0.15) is 28.4 Å². The molecule has 0 radical (unpaired) electrons. The molecule has 0 saturated carbocycles. The number of halogens is 1. The number of hydrogen-bond acceptors (Lipinski definition) is 3. The van der Waals surface area contributed by atoms with Gasteiger partial charge in [-0.1, -0.05) is 11.6 Å². The van der Waals surface area contributed by atoms with Crippen LogP contribution >= 0.6 is 22.6 Å². The van der Waals surface area contributed by atoms with E-state index in [1.54, 1.807) is 13.1 Å². The van der Waals surface area contributed by atoms with Gasteiger partial charge in [-0.2, -0.15) is 0 Å². The highest BCUT2D eigenvalue weighted by molar-refractivity contribution is 14.1. The van der Waals surface area contributed by atoms with Gasteiger partial charge >= 0.3 is 5.97 Å². The second kappa shape index (κ2) is 5.22. The van der Waals surface area contributed by atoms with Gasteiger partial charge in [-0.3, -0.25) is 4.98 Å². The second-order valence-corrected chi connectivity index (χ2v) is 5.26. The number of rotatable bonds is 2. The summed E-state index contributed by atoms with van der Waals surface area (Å²) in [7, 11) is 0. The molecule has 1 heterocycles. The van der Waals surface area contributed by atoms with Gasteiger partial charge in [-0.25, -0.2) is 4.79 Å². The van der Waals surface area contributed by atoms with Gasteiger partial charge in [0.1, 0.15) is 0 Å². The minimum Gasteiger partial charge on any atom is -0.462 e. The fourth-order valence-corrected chi connectivity index (χ4v) is 2.75. The fourth-order valence-electron chi connectivity index (χ4n) is 1.98. The van der Waals surface area contributed by atoms with Crippen molar-refractivity contribution in [3.63, 3.8) is 0 Å². The number of carbonyl (C=O) groups is 1. The van der Waals surface area contributed by atoms with E-state index in [9.17, 15) is 4.79 Å². The standard InChI is InChI=1S/C14H14INO2/c1-4-18-14(17)11-7-16-13-9(3)5-8(2)6-10(13)12(11)15/h5-7H,4H2,1-3H3. The van der Waals surface area contributed by atoms with E-state index in [0.717, 1.165) is 20.0 Å². The number of benzene rings is 1. The van der Waals surface area contributed by atoms with Gasteiger partial charge in [0, 0.05) is 15.2 Å². The molecule has 94 valence electrons. The summed E-state index contributed by atoms with van der Waals surface area (Å²) in [6, 6.07) is 4.15. The lowest BCUT2D eigenvalue weighted by Crippen LogP contribution is -2.08. The van der Waals surface area contributed by atoms with Gasteiger partial charge in [0.2, 0.25) is 0 Å². The van der Waals surface area contributed by atoms with Crippen molar-refractivity contribution in [3.05, 3.63) is 38.6 Å². The summed E-state index contributed by atoms with van der Waals surface area (Å²) in [5, 5.41) is 1.01. The van der Waals surface area contributed by atoms with Gasteiger partial charge in [0.15, 0.2) is 0 Å². The first-order valence-corrected chi connectivity index (χ1v) is 6.85. The Morgan fingerprint density at radius 1 is 1.39 bits per heavy atom. The number of ether oxygens (including phenoxy) is 1. The van der Waals surface area contributed by atoms with Crippen molar-refractivity contribution >= 4 is 39.5 Å². The highest BCUT2D eigenvalue weighted by Crippen LogP contribution is 2.26.